The summed E-state index contributed by atoms with van der Waals surface area (Å²) in [6, 6.07) is 9.92. The lowest BCUT2D eigenvalue weighted by atomic mass is 9.93. The molecule has 0 unspecified atom stereocenters. The zero-order valence-electron chi connectivity index (χ0n) is 13.2. The number of carbonyl (C=O) groups excluding carboxylic acids is 1. The number of carbonyl (C=O) groups is 1. The minimum Gasteiger partial charge on any atom is -0.493 e. The van der Waals surface area contributed by atoms with Crippen LogP contribution in [0.5, 0.6) is 5.75 Å². The largest absolute Gasteiger partial charge is 0.493 e. The van der Waals surface area contributed by atoms with E-state index < -0.39 is 5.54 Å². The number of likely N-dealkylation sites (tertiary alicyclic amines) is 1. The Labute approximate surface area is 132 Å². The predicted octanol–water partition coefficient (Wildman–Crippen LogP) is 2.58. The Morgan fingerprint density at radius 1 is 1.18 bits per heavy atom. The van der Waals surface area contributed by atoms with Gasteiger partial charge in [0.25, 0.3) is 0 Å². The molecule has 2 N–H and O–H groups in total. The average Bonchev–Trinajstić information content (AvgIpc) is 3.02. The molecular weight excluding hydrogens is 276 g/mol. The summed E-state index contributed by atoms with van der Waals surface area (Å²) in [6.45, 7) is 2.38. The predicted molar refractivity (Wildman–Crippen MR) is 86.6 cm³/mol. The number of hydrogen-bond acceptors (Lipinski definition) is 3. The van der Waals surface area contributed by atoms with Gasteiger partial charge in [-0.25, -0.2) is 0 Å². The highest BCUT2D eigenvalue weighted by Gasteiger charge is 2.40. The maximum absolute atomic E-state index is 12.6. The third-order valence-electron chi connectivity index (χ3n) is 5.05. The van der Waals surface area contributed by atoms with Crippen LogP contribution in [0.15, 0.2) is 30.3 Å². The molecule has 4 nitrogen and oxygen atoms in total. The monoisotopic (exact) mass is 302 g/mol. The smallest absolute Gasteiger partial charge is 0.242 e. The SMILES string of the molecule is NC1(C(=O)N2CCC(COc3ccccc3)CC2)CCCC1. The molecule has 0 spiro atoms. The Morgan fingerprint density at radius 2 is 1.82 bits per heavy atom. The first-order chi connectivity index (χ1) is 10.7. The first-order valence-corrected chi connectivity index (χ1v) is 8.43. The number of ether oxygens (including phenoxy) is 1. The van der Waals surface area contributed by atoms with Gasteiger partial charge in [-0.15, -0.1) is 0 Å². The zero-order valence-corrected chi connectivity index (χ0v) is 13.2. The van der Waals surface area contributed by atoms with E-state index in [2.05, 4.69) is 0 Å². The maximum atomic E-state index is 12.6. The van der Waals surface area contributed by atoms with E-state index >= 15 is 0 Å². The Bertz CT molecular complexity index is 489. The minimum absolute atomic E-state index is 0.174. The van der Waals surface area contributed by atoms with Crippen molar-refractivity contribution in [3.8, 4) is 5.75 Å². The number of hydrogen-bond donors (Lipinski definition) is 1. The van der Waals surface area contributed by atoms with Crippen molar-refractivity contribution in [1.29, 1.82) is 0 Å². The van der Waals surface area contributed by atoms with Crippen molar-refractivity contribution in [2.45, 2.75) is 44.1 Å². The van der Waals surface area contributed by atoms with Gasteiger partial charge in [0.1, 0.15) is 5.75 Å². The third kappa shape index (κ3) is 3.43. The number of amides is 1. The summed E-state index contributed by atoms with van der Waals surface area (Å²) in [5.74, 6) is 1.63. The lowest BCUT2D eigenvalue weighted by Crippen LogP contribution is -2.55. The number of benzene rings is 1. The van der Waals surface area contributed by atoms with E-state index in [0.717, 1.165) is 64.0 Å². The Hall–Kier alpha value is -1.55. The molecule has 2 fully saturated rings. The third-order valence-corrected chi connectivity index (χ3v) is 5.05. The number of nitrogens with two attached hydrogens (primary N) is 1. The van der Waals surface area contributed by atoms with Crippen LogP contribution in [0.25, 0.3) is 0 Å². The van der Waals surface area contributed by atoms with Crippen LogP contribution in [0.2, 0.25) is 0 Å². The van der Waals surface area contributed by atoms with Gasteiger partial charge in [-0.1, -0.05) is 31.0 Å². The zero-order chi connectivity index (χ0) is 15.4. The summed E-state index contributed by atoms with van der Waals surface area (Å²) < 4.78 is 5.83. The van der Waals surface area contributed by atoms with Crippen LogP contribution in [0.3, 0.4) is 0 Å². The topological polar surface area (TPSA) is 55.6 Å². The van der Waals surface area contributed by atoms with E-state index in [0.29, 0.717) is 5.92 Å². The number of rotatable bonds is 4. The summed E-state index contributed by atoms with van der Waals surface area (Å²) in [5, 5.41) is 0. The first kappa shape index (κ1) is 15.3. The molecule has 1 saturated heterocycles. The van der Waals surface area contributed by atoms with E-state index in [1.807, 2.05) is 35.2 Å². The number of nitrogens with zero attached hydrogens (tertiary/aromatic N) is 1. The van der Waals surface area contributed by atoms with Gasteiger partial charge in [-0.2, -0.15) is 0 Å². The van der Waals surface area contributed by atoms with E-state index in [1.54, 1.807) is 0 Å². The van der Waals surface area contributed by atoms with Crippen LogP contribution in [-0.2, 0) is 4.79 Å². The van der Waals surface area contributed by atoms with Gasteiger partial charge in [0.05, 0.1) is 12.1 Å². The van der Waals surface area contributed by atoms with Gasteiger partial charge < -0.3 is 15.4 Å². The minimum atomic E-state index is -0.576. The average molecular weight is 302 g/mol. The van der Waals surface area contributed by atoms with Gasteiger partial charge in [-0.3, -0.25) is 4.79 Å². The molecule has 120 valence electrons. The highest BCUT2D eigenvalue weighted by atomic mass is 16.5. The lowest BCUT2D eigenvalue weighted by molar-refractivity contribution is -0.138. The van der Waals surface area contributed by atoms with Crippen LogP contribution < -0.4 is 10.5 Å². The molecule has 1 amide bonds. The summed E-state index contributed by atoms with van der Waals surface area (Å²) in [5.41, 5.74) is 5.71. The van der Waals surface area contributed by atoms with Gasteiger partial charge in [0.15, 0.2) is 0 Å². The van der Waals surface area contributed by atoms with E-state index in [-0.39, 0.29) is 5.91 Å². The summed E-state index contributed by atoms with van der Waals surface area (Å²) in [6.07, 6.45) is 5.89. The maximum Gasteiger partial charge on any atom is 0.242 e. The second kappa shape index (κ2) is 6.69. The first-order valence-electron chi connectivity index (χ1n) is 8.43. The molecule has 2 aliphatic rings. The quantitative estimate of drug-likeness (QED) is 0.930. The Morgan fingerprint density at radius 3 is 2.45 bits per heavy atom. The van der Waals surface area contributed by atoms with E-state index in [9.17, 15) is 4.79 Å². The molecule has 1 saturated carbocycles. The van der Waals surface area contributed by atoms with E-state index in [4.69, 9.17) is 10.5 Å². The molecule has 4 heteroatoms. The van der Waals surface area contributed by atoms with Gasteiger partial charge in [0.2, 0.25) is 5.91 Å². The van der Waals surface area contributed by atoms with Crippen molar-refractivity contribution in [2.24, 2.45) is 11.7 Å². The van der Waals surface area contributed by atoms with Crippen molar-refractivity contribution in [1.82, 2.24) is 4.90 Å². The van der Waals surface area contributed by atoms with Crippen LogP contribution in [0.1, 0.15) is 38.5 Å². The van der Waals surface area contributed by atoms with Crippen molar-refractivity contribution >= 4 is 5.91 Å². The fraction of sp³-hybridized carbons (Fsp3) is 0.611. The standard InChI is InChI=1S/C18H26N2O2/c19-18(10-4-5-11-18)17(21)20-12-8-15(9-13-20)14-22-16-6-2-1-3-7-16/h1-3,6-7,15H,4-5,8-14,19H2. The van der Waals surface area contributed by atoms with Crippen molar-refractivity contribution in [2.75, 3.05) is 19.7 Å². The summed E-state index contributed by atoms with van der Waals surface area (Å²) in [4.78, 5) is 14.6. The van der Waals surface area contributed by atoms with E-state index in [1.165, 1.54) is 0 Å². The van der Waals surface area contributed by atoms with Crippen LogP contribution >= 0.6 is 0 Å². The fourth-order valence-electron chi connectivity index (χ4n) is 3.57. The van der Waals surface area contributed by atoms with Gasteiger partial charge in [-0.05, 0) is 43.7 Å². The number of para-hydroxylation sites is 1. The molecular formula is C18H26N2O2. The Kier molecular flexibility index (Phi) is 4.67. The molecule has 1 heterocycles. The van der Waals surface area contributed by atoms with Gasteiger partial charge in [0, 0.05) is 13.1 Å². The summed E-state index contributed by atoms with van der Waals surface area (Å²) >= 11 is 0. The van der Waals surface area contributed by atoms with Crippen LogP contribution in [0, 0.1) is 5.92 Å². The molecule has 0 bridgehead atoms. The molecule has 0 aromatic heterocycles. The Balaban J connectivity index is 1.45. The number of piperidine rings is 1. The molecule has 1 aromatic carbocycles. The van der Waals surface area contributed by atoms with Crippen molar-refractivity contribution in [3.63, 3.8) is 0 Å². The molecule has 0 radical (unpaired) electrons. The highest BCUT2D eigenvalue weighted by Crippen LogP contribution is 2.30. The second-order valence-corrected chi connectivity index (χ2v) is 6.72. The molecule has 3 rings (SSSR count). The molecule has 1 aliphatic heterocycles. The van der Waals surface area contributed by atoms with Crippen LogP contribution in [0.4, 0.5) is 0 Å². The summed E-state index contributed by atoms with van der Waals surface area (Å²) in [7, 11) is 0. The molecule has 0 atom stereocenters. The lowest BCUT2D eigenvalue weighted by Gasteiger charge is -2.36. The second-order valence-electron chi connectivity index (χ2n) is 6.72. The molecule has 22 heavy (non-hydrogen) atoms. The van der Waals surface area contributed by atoms with Crippen LogP contribution in [-0.4, -0.2) is 36.0 Å². The normalized spacial score (nSPS) is 21.8. The highest BCUT2D eigenvalue weighted by molar-refractivity contribution is 5.86. The molecule has 1 aromatic rings. The van der Waals surface area contributed by atoms with Gasteiger partial charge >= 0.3 is 0 Å². The van der Waals surface area contributed by atoms with Crippen molar-refractivity contribution < 1.29 is 9.53 Å². The fourth-order valence-corrected chi connectivity index (χ4v) is 3.57. The molecule has 1 aliphatic carbocycles. The van der Waals surface area contributed by atoms with Crippen molar-refractivity contribution in [3.05, 3.63) is 30.3 Å².